The highest BCUT2D eigenvalue weighted by atomic mass is 16.1. The van der Waals surface area contributed by atoms with Crippen molar-refractivity contribution in [2.75, 3.05) is 26.0 Å². The van der Waals surface area contributed by atoms with Crippen LogP contribution in [0.1, 0.15) is 31.7 Å². The van der Waals surface area contributed by atoms with Crippen LogP contribution in [0, 0.1) is 0 Å². The van der Waals surface area contributed by atoms with Crippen LogP contribution < -0.4 is 10.6 Å². The smallest absolute Gasteiger partial charge is 0.224 e. The lowest BCUT2D eigenvalue weighted by molar-refractivity contribution is -0.116. The van der Waals surface area contributed by atoms with Crippen molar-refractivity contribution in [3.8, 4) is 0 Å². The molecule has 0 bridgehead atoms. The molecule has 1 heterocycles. The molecule has 1 aromatic rings. The molecule has 1 aliphatic rings. The minimum absolute atomic E-state index is 0.0608. The van der Waals surface area contributed by atoms with E-state index in [9.17, 15) is 4.79 Å². The van der Waals surface area contributed by atoms with Gasteiger partial charge in [0.05, 0.1) is 0 Å². The molecule has 0 saturated carbocycles. The van der Waals surface area contributed by atoms with Gasteiger partial charge in [-0.2, -0.15) is 0 Å². The Morgan fingerprint density at radius 3 is 2.92 bits per heavy atom. The number of hydrogen-bond acceptors (Lipinski definition) is 3. The molecule has 1 amide bonds. The normalized spacial score (nSPS) is 21.5. The van der Waals surface area contributed by atoms with Crippen molar-refractivity contribution in [3.63, 3.8) is 0 Å². The van der Waals surface area contributed by atoms with Crippen LogP contribution >= 0.6 is 0 Å². The topological polar surface area (TPSA) is 44.4 Å². The van der Waals surface area contributed by atoms with E-state index in [0.717, 1.165) is 31.5 Å². The van der Waals surface area contributed by atoms with Crippen LogP contribution in [-0.2, 0) is 11.2 Å². The fourth-order valence-electron chi connectivity index (χ4n) is 2.72. The average molecular weight is 354 g/mol. The Hall–Kier alpha value is -2.33. The zero-order valence-corrected chi connectivity index (χ0v) is 16.2. The monoisotopic (exact) mass is 353 g/mol. The number of likely N-dealkylation sites (N-methyl/N-ethyl adjacent to an activating group) is 1. The molecule has 1 aromatic carbocycles. The van der Waals surface area contributed by atoms with E-state index in [1.807, 2.05) is 12.1 Å². The SMILES string of the molecule is CC1/C=C\C=C/C/C(CCC(=O)Nc2cccc(CCN(C)C)c2)=C\N1. The number of carbonyl (C=O) groups excluding carboxylic acids is 1. The maximum atomic E-state index is 12.3. The zero-order valence-electron chi connectivity index (χ0n) is 16.2. The molecule has 0 fully saturated rings. The number of nitrogens with one attached hydrogen (secondary N) is 2. The quantitative estimate of drug-likeness (QED) is 0.782. The molecule has 140 valence electrons. The summed E-state index contributed by atoms with van der Waals surface area (Å²) in [5.74, 6) is 0.0608. The van der Waals surface area contributed by atoms with E-state index >= 15 is 0 Å². The summed E-state index contributed by atoms with van der Waals surface area (Å²) in [5.41, 5.74) is 3.36. The third-order valence-corrected chi connectivity index (χ3v) is 4.31. The maximum absolute atomic E-state index is 12.3. The van der Waals surface area contributed by atoms with Crippen molar-refractivity contribution in [2.45, 2.75) is 38.6 Å². The molecule has 0 aromatic heterocycles. The van der Waals surface area contributed by atoms with Gasteiger partial charge in [-0.15, -0.1) is 0 Å². The number of nitrogens with zero attached hydrogens (tertiary/aromatic N) is 1. The van der Waals surface area contributed by atoms with Gasteiger partial charge >= 0.3 is 0 Å². The minimum atomic E-state index is 0.0608. The molecule has 1 atom stereocenters. The predicted molar refractivity (Wildman–Crippen MR) is 110 cm³/mol. The third-order valence-electron chi connectivity index (χ3n) is 4.31. The predicted octanol–water partition coefficient (Wildman–Crippen LogP) is 3.89. The van der Waals surface area contributed by atoms with Crippen molar-refractivity contribution in [2.24, 2.45) is 0 Å². The zero-order chi connectivity index (χ0) is 18.8. The van der Waals surface area contributed by atoms with Crippen molar-refractivity contribution in [3.05, 3.63) is 65.9 Å². The number of rotatable bonds is 7. The Labute approximate surface area is 157 Å². The third kappa shape index (κ3) is 7.70. The van der Waals surface area contributed by atoms with Gasteiger partial charge in [0.1, 0.15) is 0 Å². The van der Waals surface area contributed by atoms with Crippen molar-refractivity contribution in [1.29, 1.82) is 0 Å². The van der Waals surface area contributed by atoms with E-state index in [2.05, 4.69) is 79.2 Å². The van der Waals surface area contributed by atoms with Crippen molar-refractivity contribution < 1.29 is 4.79 Å². The Balaban J connectivity index is 1.84. The highest BCUT2D eigenvalue weighted by Gasteiger charge is 2.06. The maximum Gasteiger partial charge on any atom is 0.224 e. The molecule has 0 spiro atoms. The molecular formula is C22H31N3O. The van der Waals surface area contributed by atoms with E-state index in [1.54, 1.807) is 0 Å². The summed E-state index contributed by atoms with van der Waals surface area (Å²) in [4.78, 5) is 14.5. The fourth-order valence-corrected chi connectivity index (χ4v) is 2.72. The lowest BCUT2D eigenvalue weighted by atomic mass is 10.1. The number of allylic oxidation sites excluding steroid dienone is 4. The van der Waals surface area contributed by atoms with Gasteiger partial charge in [0.15, 0.2) is 0 Å². The summed E-state index contributed by atoms with van der Waals surface area (Å²) in [7, 11) is 4.14. The molecule has 2 N–H and O–H groups in total. The molecule has 1 unspecified atom stereocenters. The molecule has 0 aliphatic carbocycles. The van der Waals surface area contributed by atoms with E-state index in [0.29, 0.717) is 12.5 Å². The van der Waals surface area contributed by atoms with Gasteiger partial charge in [0.25, 0.3) is 0 Å². The Bertz CT molecular complexity index is 674. The summed E-state index contributed by atoms with van der Waals surface area (Å²) >= 11 is 0. The van der Waals surface area contributed by atoms with E-state index < -0.39 is 0 Å². The van der Waals surface area contributed by atoms with Gasteiger partial charge in [0, 0.05) is 24.7 Å². The summed E-state index contributed by atoms with van der Waals surface area (Å²) < 4.78 is 0. The number of anilines is 1. The Kier molecular flexibility index (Phi) is 8.16. The van der Waals surface area contributed by atoms with Crippen LogP contribution in [0.2, 0.25) is 0 Å². The van der Waals surface area contributed by atoms with Gasteiger partial charge in [-0.3, -0.25) is 4.79 Å². The van der Waals surface area contributed by atoms with Crippen LogP contribution in [0.25, 0.3) is 0 Å². The lowest BCUT2D eigenvalue weighted by Crippen LogP contribution is -2.18. The lowest BCUT2D eigenvalue weighted by Gasteiger charge is -2.12. The first-order chi connectivity index (χ1) is 12.5. The second kappa shape index (κ2) is 10.6. The summed E-state index contributed by atoms with van der Waals surface area (Å²) in [6.45, 7) is 3.11. The first kappa shape index (κ1) is 20.0. The number of carbonyl (C=O) groups is 1. The van der Waals surface area contributed by atoms with E-state index in [4.69, 9.17) is 0 Å². The largest absolute Gasteiger partial charge is 0.385 e. The van der Waals surface area contributed by atoms with Crippen molar-refractivity contribution in [1.82, 2.24) is 10.2 Å². The summed E-state index contributed by atoms with van der Waals surface area (Å²) in [6, 6.07) is 8.43. The molecule has 4 nitrogen and oxygen atoms in total. The number of hydrogen-bond donors (Lipinski definition) is 2. The second-order valence-electron chi connectivity index (χ2n) is 7.08. The Morgan fingerprint density at radius 2 is 2.12 bits per heavy atom. The molecule has 1 aliphatic heterocycles. The average Bonchev–Trinajstić information content (AvgIpc) is 2.71. The molecule has 26 heavy (non-hydrogen) atoms. The fraction of sp³-hybridized carbons (Fsp3) is 0.409. The van der Waals surface area contributed by atoms with Gasteiger partial charge in [-0.25, -0.2) is 0 Å². The second-order valence-corrected chi connectivity index (χ2v) is 7.08. The van der Waals surface area contributed by atoms with Crippen LogP contribution in [-0.4, -0.2) is 37.5 Å². The van der Waals surface area contributed by atoms with Gasteiger partial charge in [-0.1, -0.05) is 42.0 Å². The van der Waals surface area contributed by atoms with Gasteiger partial charge < -0.3 is 15.5 Å². The number of benzene rings is 1. The molecule has 4 heteroatoms. The summed E-state index contributed by atoms with van der Waals surface area (Å²) in [6.07, 6.45) is 13.5. The molecule has 0 saturated heterocycles. The van der Waals surface area contributed by atoms with Crippen molar-refractivity contribution >= 4 is 11.6 Å². The highest BCUT2D eigenvalue weighted by Crippen LogP contribution is 2.15. The van der Waals surface area contributed by atoms with Gasteiger partial charge in [0.2, 0.25) is 5.91 Å². The van der Waals surface area contributed by atoms with Crippen LogP contribution in [0.5, 0.6) is 0 Å². The highest BCUT2D eigenvalue weighted by molar-refractivity contribution is 5.90. The molecule has 2 rings (SSSR count). The van der Waals surface area contributed by atoms with E-state index in [-0.39, 0.29) is 5.91 Å². The minimum Gasteiger partial charge on any atom is -0.385 e. The summed E-state index contributed by atoms with van der Waals surface area (Å²) in [5, 5.41) is 6.38. The van der Waals surface area contributed by atoms with Crippen LogP contribution in [0.15, 0.2) is 60.3 Å². The molecule has 0 radical (unpaired) electrons. The Morgan fingerprint density at radius 1 is 1.27 bits per heavy atom. The standard InChI is InChI=1S/C22H31N3O/c1-18-8-5-4-6-9-20(17-23-18)12-13-22(26)24-21-11-7-10-19(16-21)14-15-25(2)3/h4-8,10-11,16-18,23H,9,12-15H2,1-3H3,(H,24,26)/b6-4-,8-5-,20-17+. The van der Waals surface area contributed by atoms with Crippen LogP contribution in [0.4, 0.5) is 5.69 Å². The number of amides is 1. The first-order valence-corrected chi connectivity index (χ1v) is 9.34. The first-order valence-electron chi connectivity index (χ1n) is 9.34. The molecular weight excluding hydrogens is 322 g/mol. The van der Waals surface area contributed by atoms with Gasteiger partial charge in [-0.05, 0) is 64.2 Å². The van der Waals surface area contributed by atoms with E-state index in [1.165, 1.54) is 11.1 Å². The van der Waals surface area contributed by atoms with Crippen LogP contribution in [0.3, 0.4) is 0 Å².